The summed E-state index contributed by atoms with van der Waals surface area (Å²) in [7, 11) is -3.56. The average Bonchev–Trinajstić information content (AvgIpc) is 3.45. The second-order valence-corrected chi connectivity index (χ2v) is 14.0. The van der Waals surface area contributed by atoms with E-state index in [1.165, 1.54) is 11.3 Å². The molecule has 0 atom stereocenters. The number of thiophene rings is 1. The third-order valence-corrected chi connectivity index (χ3v) is 11.5. The third-order valence-electron chi connectivity index (χ3n) is 6.92. The molecular weight excluding hydrogens is 496 g/mol. The third kappa shape index (κ3) is 4.51. The van der Waals surface area contributed by atoms with Crippen LogP contribution in [0.4, 0.5) is 0 Å². The van der Waals surface area contributed by atoms with Crippen LogP contribution in [0.25, 0.3) is 0 Å². The molecule has 2 aliphatic rings. The largest absolute Gasteiger partial charge is 0.396 e. The lowest BCUT2D eigenvalue weighted by atomic mass is 10.0. The van der Waals surface area contributed by atoms with E-state index in [9.17, 15) is 23.1 Å². The molecule has 1 aromatic carbocycles. The molecule has 0 spiro atoms. The maximum absolute atomic E-state index is 13.3. The lowest BCUT2D eigenvalue weighted by Crippen LogP contribution is -2.50. The number of nitrogens with zero attached hydrogens (tertiary/aromatic N) is 1. The minimum atomic E-state index is -3.56. The van der Waals surface area contributed by atoms with Crippen molar-refractivity contribution in [3.63, 3.8) is 0 Å². The summed E-state index contributed by atoms with van der Waals surface area (Å²) in [5, 5.41) is 14.5. The fourth-order valence-electron chi connectivity index (χ4n) is 4.51. The van der Waals surface area contributed by atoms with Crippen LogP contribution in [-0.4, -0.2) is 59.4 Å². The maximum Gasteiger partial charge on any atom is 0.264 e. The molecule has 1 aromatic heterocycles. The van der Waals surface area contributed by atoms with Gasteiger partial charge in [-0.2, -0.15) is 0 Å². The van der Waals surface area contributed by atoms with Crippen LogP contribution in [0.5, 0.6) is 0 Å². The molecule has 2 N–H and O–H groups in total. The van der Waals surface area contributed by atoms with Gasteiger partial charge >= 0.3 is 0 Å². The Hall–Kier alpha value is -1.94. The topological polar surface area (TPSA) is 104 Å². The first-order valence-corrected chi connectivity index (χ1v) is 14.0. The summed E-state index contributed by atoms with van der Waals surface area (Å²) in [6.07, 6.45) is 1.70. The SMILES string of the molecule is CC(C)(CCO)S(=O)(=O)C1(CN2CCc3c(C(=O)NCc4ccc(Cl)cc4)csc3C2=O)CC1. The van der Waals surface area contributed by atoms with Gasteiger partial charge < -0.3 is 15.3 Å². The Balaban J connectivity index is 1.46. The van der Waals surface area contributed by atoms with Gasteiger partial charge in [-0.1, -0.05) is 23.7 Å². The Labute approximate surface area is 209 Å². The minimum absolute atomic E-state index is 0.151. The molecule has 0 saturated heterocycles. The van der Waals surface area contributed by atoms with Gasteiger partial charge in [-0.25, -0.2) is 8.42 Å². The monoisotopic (exact) mass is 524 g/mol. The summed E-state index contributed by atoms with van der Waals surface area (Å²) in [5.74, 6) is -0.454. The molecule has 2 amide bonds. The van der Waals surface area contributed by atoms with Crippen molar-refractivity contribution in [3.05, 3.63) is 56.2 Å². The number of aliphatic hydroxyl groups excluding tert-OH is 1. The number of nitrogens with one attached hydrogen (secondary N) is 1. The van der Waals surface area contributed by atoms with Gasteiger partial charge in [0.25, 0.3) is 11.8 Å². The number of aliphatic hydroxyl groups is 1. The van der Waals surface area contributed by atoms with E-state index in [0.29, 0.717) is 47.8 Å². The average molecular weight is 525 g/mol. The molecule has 7 nitrogen and oxygen atoms in total. The van der Waals surface area contributed by atoms with Gasteiger partial charge in [0.2, 0.25) is 0 Å². The highest BCUT2D eigenvalue weighted by atomic mass is 35.5. The quantitative estimate of drug-likeness (QED) is 0.523. The Bertz CT molecular complexity index is 1200. The standard InChI is InChI=1S/C24H29ClN2O5S2/c1-23(2,10-12-28)34(31,32)24(8-9-24)15-27-11-7-18-19(14-33-20(18)22(27)30)21(29)26-13-16-3-5-17(25)6-4-16/h3-6,14,28H,7-13,15H2,1-2H3,(H,26,29). The van der Waals surface area contributed by atoms with Crippen LogP contribution in [-0.2, 0) is 22.8 Å². The van der Waals surface area contributed by atoms with E-state index in [2.05, 4.69) is 5.32 Å². The summed E-state index contributed by atoms with van der Waals surface area (Å²) in [6.45, 7) is 3.96. The second-order valence-electron chi connectivity index (χ2n) is 9.66. The zero-order chi connectivity index (χ0) is 24.7. The van der Waals surface area contributed by atoms with E-state index in [1.54, 1.807) is 36.3 Å². The lowest BCUT2D eigenvalue weighted by molar-refractivity contribution is 0.0741. The van der Waals surface area contributed by atoms with Crippen LogP contribution >= 0.6 is 22.9 Å². The number of hydrogen-bond donors (Lipinski definition) is 2. The van der Waals surface area contributed by atoms with Crippen molar-refractivity contribution in [3.8, 4) is 0 Å². The molecule has 4 rings (SSSR count). The number of halogens is 1. The molecule has 1 saturated carbocycles. The molecule has 0 unspecified atom stereocenters. The van der Waals surface area contributed by atoms with E-state index in [4.69, 9.17) is 11.6 Å². The molecule has 1 aliphatic carbocycles. The highest BCUT2D eigenvalue weighted by Gasteiger charge is 2.60. The zero-order valence-electron chi connectivity index (χ0n) is 19.3. The first-order valence-electron chi connectivity index (χ1n) is 11.3. The first kappa shape index (κ1) is 25.2. The fourth-order valence-corrected chi connectivity index (χ4v) is 8.20. The Kier molecular flexibility index (Phi) is 6.85. The summed E-state index contributed by atoms with van der Waals surface area (Å²) < 4.78 is 24.7. The normalized spacial score (nSPS) is 17.4. The summed E-state index contributed by atoms with van der Waals surface area (Å²) in [4.78, 5) is 28.1. The van der Waals surface area contributed by atoms with Gasteiger partial charge in [-0.15, -0.1) is 11.3 Å². The van der Waals surface area contributed by atoms with Gasteiger partial charge in [0.1, 0.15) is 0 Å². The predicted octanol–water partition coefficient (Wildman–Crippen LogP) is 3.44. The number of carbonyl (C=O) groups excluding carboxylic acids is 2. The van der Waals surface area contributed by atoms with Gasteiger partial charge in [0, 0.05) is 36.6 Å². The van der Waals surface area contributed by atoms with Crippen LogP contribution in [0.2, 0.25) is 5.02 Å². The van der Waals surface area contributed by atoms with E-state index < -0.39 is 19.3 Å². The molecule has 10 heteroatoms. The van der Waals surface area contributed by atoms with Crippen LogP contribution in [0.1, 0.15) is 64.3 Å². The van der Waals surface area contributed by atoms with Gasteiger partial charge in [0.05, 0.1) is 19.9 Å². The van der Waals surface area contributed by atoms with Crippen molar-refractivity contribution >= 4 is 44.6 Å². The van der Waals surface area contributed by atoms with Gasteiger partial charge in [-0.05, 0) is 62.8 Å². The number of carbonyl (C=O) groups is 2. The van der Waals surface area contributed by atoms with Crippen molar-refractivity contribution in [1.29, 1.82) is 0 Å². The van der Waals surface area contributed by atoms with Crippen molar-refractivity contribution in [1.82, 2.24) is 10.2 Å². The Morgan fingerprint density at radius 1 is 1.26 bits per heavy atom. The number of sulfone groups is 1. The van der Waals surface area contributed by atoms with E-state index >= 15 is 0 Å². The number of benzene rings is 1. The number of amides is 2. The van der Waals surface area contributed by atoms with E-state index in [0.717, 1.165) is 11.1 Å². The minimum Gasteiger partial charge on any atom is -0.396 e. The summed E-state index contributed by atoms with van der Waals surface area (Å²) in [6, 6.07) is 7.22. The van der Waals surface area contributed by atoms with Gasteiger partial charge in [-0.3, -0.25) is 9.59 Å². The lowest BCUT2D eigenvalue weighted by Gasteiger charge is -2.35. The fraction of sp³-hybridized carbons (Fsp3) is 0.500. The molecule has 184 valence electrons. The molecule has 1 aliphatic heterocycles. The van der Waals surface area contributed by atoms with E-state index in [-0.39, 0.29) is 31.4 Å². The highest BCUT2D eigenvalue weighted by Crippen LogP contribution is 2.50. The first-order chi connectivity index (χ1) is 16.0. The van der Waals surface area contributed by atoms with Crippen molar-refractivity contribution in [2.24, 2.45) is 0 Å². The van der Waals surface area contributed by atoms with Gasteiger partial charge in [0.15, 0.2) is 9.84 Å². The second kappa shape index (κ2) is 9.26. The number of hydrogen-bond acceptors (Lipinski definition) is 6. The highest BCUT2D eigenvalue weighted by molar-refractivity contribution is 7.94. The Morgan fingerprint density at radius 2 is 1.94 bits per heavy atom. The van der Waals surface area contributed by atoms with Crippen molar-refractivity contribution in [2.75, 3.05) is 19.7 Å². The maximum atomic E-state index is 13.3. The molecule has 2 heterocycles. The van der Waals surface area contributed by atoms with Crippen LogP contribution in [0.3, 0.4) is 0 Å². The van der Waals surface area contributed by atoms with Crippen molar-refractivity contribution in [2.45, 2.75) is 55.6 Å². The summed E-state index contributed by atoms with van der Waals surface area (Å²) >= 11 is 7.13. The smallest absolute Gasteiger partial charge is 0.264 e. The Morgan fingerprint density at radius 3 is 2.56 bits per heavy atom. The number of fused-ring (bicyclic) bond motifs is 1. The molecule has 0 bridgehead atoms. The van der Waals surface area contributed by atoms with Crippen LogP contribution in [0, 0.1) is 0 Å². The summed E-state index contributed by atoms with van der Waals surface area (Å²) in [5.41, 5.74) is 2.15. The predicted molar refractivity (Wildman–Crippen MR) is 133 cm³/mol. The molecule has 2 aromatic rings. The molecule has 0 radical (unpaired) electrons. The van der Waals surface area contributed by atoms with Crippen LogP contribution in [0.15, 0.2) is 29.6 Å². The molecule has 34 heavy (non-hydrogen) atoms. The van der Waals surface area contributed by atoms with Crippen molar-refractivity contribution < 1.29 is 23.1 Å². The van der Waals surface area contributed by atoms with Crippen LogP contribution < -0.4 is 5.32 Å². The zero-order valence-corrected chi connectivity index (χ0v) is 21.7. The molecule has 1 fully saturated rings. The number of rotatable bonds is 9. The van der Waals surface area contributed by atoms with E-state index in [1.807, 2.05) is 12.1 Å². The molecular formula is C24H29ClN2O5S2.